The summed E-state index contributed by atoms with van der Waals surface area (Å²) in [6.45, 7) is 0. The number of nitrogens with zero attached hydrogens (tertiary/aromatic N) is 1. The van der Waals surface area contributed by atoms with Gasteiger partial charge in [0.2, 0.25) is 0 Å². The van der Waals surface area contributed by atoms with Crippen LogP contribution in [-0.4, -0.2) is 10.9 Å². The molecule has 1 amide bonds. The third kappa shape index (κ3) is 2.15. The molecule has 2 aromatic heterocycles. The van der Waals surface area contributed by atoms with E-state index in [4.69, 9.17) is 5.73 Å². The molecule has 0 unspecified atom stereocenters. The number of halogens is 3. The predicted octanol–water partition coefficient (Wildman–Crippen LogP) is 3.48. The van der Waals surface area contributed by atoms with Crippen molar-refractivity contribution in [3.05, 3.63) is 52.8 Å². The average molecular weight is 308 g/mol. The van der Waals surface area contributed by atoms with Gasteiger partial charge in [-0.25, -0.2) is 13.2 Å². The van der Waals surface area contributed by atoms with Gasteiger partial charge in [-0.05, 0) is 18.2 Å². The van der Waals surface area contributed by atoms with Gasteiger partial charge in [-0.3, -0.25) is 9.78 Å². The van der Waals surface area contributed by atoms with Crippen molar-refractivity contribution in [3.63, 3.8) is 0 Å². The monoisotopic (exact) mass is 308 g/mol. The van der Waals surface area contributed by atoms with E-state index in [0.717, 1.165) is 17.4 Å². The summed E-state index contributed by atoms with van der Waals surface area (Å²) in [5.41, 5.74) is 5.20. The summed E-state index contributed by atoms with van der Waals surface area (Å²) in [6.07, 6.45) is 1.44. The van der Waals surface area contributed by atoms with Gasteiger partial charge in [-0.2, -0.15) is 0 Å². The molecule has 0 aliphatic carbocycles. The zero-order chi connectivity index (χ0) is 15.1. The van der Waals surface area contributed by atoms with Crippen molar-refractivity contribution in [1.82, 2.24) is 4.98 Å². The minimum absolute atomic E-state index is 0.00704. The van der Waals surface area contributed by atoms with Gasteiger partial charge >= 0.3 is 0 Å². The van der Waals surface area contributed by atoms with E-state index in [1.54, 1.807) is 12.1 Å². The summed E-state index contributed by atoms with van der Waals surface area (Å²) in [5.74, 6) is -4.34. The number of aromatic nitrogens is 1. The third-order valence-electron chi connectivity index (χ3n) is 2.93. The Balaban J connectivity index is 2.44. The molecule has 0 saturated carbocycles. The summed E-state index contributed by atoms with van der Waals surface area (Å²) in [4.78, 5) is 15.6. The van der Waals surface area contributed by atoms with E-state index < -0.39 is 23.4 Å². The number of amides is 1. The Morgan fingerprint density at radius 1 is 1.24 bits per heavy atom. The molecule has 0 saturated heterocycles. The van der Waals surface area contributed by atoms with Gasteiger partial charge in [-0.1, -0.05) is 0 Å². The van der Waals surface area contributed by atoms with Crippen LogP contribution in [-0.2, 0) is 0 Å². The summed E-state index contributed by atoms with van der Waals surface area (Å²) in [5, 5.41) is 0. The first kappa shape index (κ1) is 13.6. The largest absolute Gasteiger partial charge is 0.365 e. The number of carbonyl (C=O) groups excluding carboxylic acids is 1. The molecule has 0 atom stereocenters. The molecule has 106 valence electrons. The maximum absolute atomic E-state index is 14.0. The summed E-state index contributed by atoms with van der Waals surface area (Å²) < 4.78 is 41.4. The first-order valence-corrected chi connectivity index (χ1v) is 6.63. The number of hydrogen-bond acceptors (Lipinski definition) is 3. The van der Waals surface area contributed by atoms with Crippen molar-refractivity contribution < 1.29 is 18.0 Å². The highest BCUT2D eigenvalue weighted by molar-refractivity contribution is 7.21. The van der Waals surface area contributed by atoms with Gasteiger partial charge in [0, 0.05) is 23.4 Å². The highest BCUT2D eigenvalue weighted by Crippen LogP contribution is 2.39. The molecule has 21 heavy (non-hydrogen) atoms. The minimum atomic E-state index is -1.34. The molecule has 0 radical (unpaired) electrons. The number of nitrogens with two attached hydrogens (primary N) is 1. The van der Waals surface area contributed by atoms with E-state index in [1.807, 2.05) is 0 Å². The first-order chi connectivity index (χ1) is 9.99. The lowest BCUT2D eigenvalue weighted by atomic mass is 10.0. The van der Waals surface area contributed by atoms with Crippen LogP contribution in [0.15, 0.2) is 30.5 Å². The predicted molar refractivity (Wildman–Crippen MR) is 73.4 cm³/mol. The third-order valence-corrected chi connectivity index (χ3v) is 4.09. The van der Waals surface area contributed by atoms with Crippen LogP contribution in [0.3, 0.4) is 0 Å². The number of fused-ring (bicyclic) bond motifs is 1. The van der Waals surface area contributed by atoms with Crippen molar-refractivity contribution in [2.45, 2.75) is 0 Å². The first-order valence-electron chi connectivity index (χ1n) is 5.81. The van der Waals surface area contributed by atoms with E-state index >= 15 is 0 Å². The van der Waals surface area contributed by atoms with Gasteiger partial charge in [0.05, 0.1) is 10.2 Å². The Kier molecular flexibility index (Phi) is 3.13. The van der Waals surface area contributed by atoms with E-state index in [-0.39, 0.29) is 21.5 Å². The van der Waals surface area contributed by atoms with Crippen LogP contribution in [0, 0.1) is 17.5 Å². The van der Waals surface area contributed by atoms with Crippen LogP contribution in [0.25, 0.3) is 21.3 Å². The molecule has 2 heterocycles. The van der Waals surface area contributed by atoms with Crippen LogP contribution in [0.2, 0.25) is 0 Å². The number of carbonyl (C=O) groups is 1. The number of primary amides is 1. The molecule has 0 aliphatic heterocycles. The van der Waals surface area contributed by atoms with E-state index in [0.29, 0.717) is 10.8 Å². The normalized spacial score (nSPS) is 11.0. The molecular formula is C14H7F3N2OS. The Morgan fingerprint density at radius 3 is 2.71 bits per heavy atom. The molecule has 3 nitrogen and oxygen atoms in total. The van der Waals surface area contributed by atoms with Gasteiger partial charge in [0.15, 0.2) is 11.6 Å². The molecule has 0 bridgehead atoms. The zero-order valence-corrected chi connectivity index (χ0v) is 11.2. The Hall–Kier alpha value is -2.41. The van der Waals surface area contributed by atoms with Gasteiger partial charge < -0.3 is 5.73 Å². The number of hydrogen-bond donors (Lipinski definition) is 1. The molecule has 0 spiro atoms. The van der Waals surface area contributed by atoms with Crippen LogP contribution >= 0.6 is 11.3 Å². The standard InChI is InChI=1S/C14H7F3N2OS/c15-6-4-7(11(17)8(16)5-6)10-12-9(2-1-3-19-12)21-13(10)14(18)20/h1-5H,(H2,18,20). The topological polar surface area (TPSA) is 56.0 Å². The van der Waals surface area contributed by atoms with Gasteiger partial charge in [0.25, 0.3) is 5.91 Å². The van der Waals surface area contributed by atoms with Crippen molar-refractivity contribution in [1.29, 1.82) is 0 Å². The lowest BCUT2D eigenvalue weighted by Crippen LogP contribution is -2.10. The highest BCUT2D eigenvalue weighted by atomic mass is 32.1. The van der Waals surface area contributed by atoms with E-state index in [2.05, 4.69) is 4.98 Å². The Morgan fingerprint density at radius 2 is 2.00 bits per heavy atom. The van der Waals surface area contributed by atoms with Gasteiger partial charge in [-0.15, -0.1) is 11.3 Å². The molecule has 0 aliphatic rings. The van der Waals surface area contributed by atoms with Crippen molar-refractivity contribution in [2.24, 2.45) is 5.73 Å². The van der Waals surface area contributed by atoms with Crippen molar-refractivity contribution >= 4 is 27.5 Å². The summed E-state index contributed by atoms with van der Waals surface area (Å²) in [6, 6.07) is 4.55. The lowest BCUT2D eigenvalue weighted by Gasteiger charge is -2.05. The van der Waals surface area contributed by atoms with E-state index in [9.17, 15) is 18.0 Å². The molecule has 7 heteroatoms. The fraction of sp³-hybridized carbons (Fsp3) is 0. The molecule has 3 rings (SSSR count). The second-order valence-electron chi connectivity index (χ2n) is 4.27. The quantitative estimate of drug-likeness (QED) is 0.737. The van der Waals surface area contributed by atoms with Crippen LogP contribution < -0.4 is 5.73 Å². The zero-order valence-electron chi connectivity index (χ0n) is 10.4. The SMILES string of the molecule is NC(=O)c1sc2cccnc2c1-c1cc(F)cc(F)c1F. The van der Waals surface area contributed by atoms with Crippen LogP contribution in [0.4, 0.5) is 13.2 Å². The van der Waals surface area contributed by atoms with Crippen molar-refractivity contribution in [3.8, 4) is 11.1 Å². The van der Waals surface area contributed by atoms with Crippen LogP contribution in [0.5, 0.6) is 0 Å². The molecular weight excluding hydrogens is 301 g/mol. The highest BCUT2D eigenvalue weighted by Gasteiger charge is 2.23. The number of benzene rings is 1. The lowest BCUT2D eigenvalue weighted by molar-refractivity contribution is 0.100. The summed E-state index contributed by atoms with van der Waals surface area (Å²) >= 11 is 0.999. The van der Waals surface area contributed by atoms with E-state index in [1.165, 1.54) is 6.20 Å². The minimum Gasteiger partial charge on any atom is -0.365 e. The smallest absolute Gasteiger partial charge is 0.259 e. The number of pyridine rings is 1. The summed E-state index contributed by atoms with van der Waals surface area (Å²) in [7, 11) is 0. The Bertz CT molecular complexity index is 876. The second kappa shape index (κ2) is 4.85. The fourth-order valence-corrected chi connectivity index (χ4v) is 3.12. The molecule has 3 aromatic rings. The van der Waals surface area contributed by atoms with Crippen molar-refractivity contribution in [2.75, 3.05) is 0 Å². The maximum Gasteiger partial charge on any atom is 0.259 e. The fourth-order valence-electron chi connectivity index (χ4n) is 2.09. The molecule has 1 aromatic carbocycles. The molecule has 2 N–H and O–H groups in total. The average Bonchev–Trinajstić information content (AvgIpc) is 2.82. The number of rotatable bonds is 2. The Labute approximate surface area is 120 Å². The maximum atomic E-state index is 14.0. The van der Waals surface area contributed by atoms with Gasteiger partial charge in [0.1, 0.15) is 10.7 Å². The molecule has 0 fully saturated rings. The second-order valence-corrected chi connectivity index (χ2v) is 5.32. The van der Waals surface area contributed by atoms with Crippen LogP contribution in [0.1, 0.15) is 9.67 Å². The number of thiophene rings is 1.